The average Bonchev–Trinajstić information content (AvgIpc) is 2.81. The molecule has 3 rings (SSSR count). The van der Waals surface area contributed by atoms with Crippen LogP contribution in [0.5, 0.6) is 0 Å². The van der Waals surface area contributed by atoms with Crippen LogP contribution in [0.15, 0.2) is 82.8 Å². The highest BCUT2D eigenvalue weighted by Gasteiger charge is 2.32. The van der Waals surface area contributed by atoms with Gasteiger partial charge >= 0.3 is 6.18 Å². The van der Waals surface area contributed by atoms with Crippen LogP contribution in [-0.4, -0.2) is 25.1 Å². The molecule has 1 amide bonds. The molecule has 0 heterocycles. The third kappa shape index (κ3) is 7.49. The number of unbranched alkanes of at least 4 members (excludes halogenated alkanes) is 1. The summed E-state index contributed by atoms with van der Waals surface area (Å²) in [6.45, 7) is 0. The van der Waals surface area contributed by atoms with Gasteiger partial charge in [0.1, 0.15) is 4.90 Å². The Hall–Kier alpha value is -3.50. The number of hydrogen-bond donors (Lipinski definition) is 2. The minimum absolute atomic E-state index is 0.0899. The molecule has 35 heavy (non-hydrogen) atoms. The second-order valence-electron chi connectivity index (χ2n) is 7.76. The van der Waals surface area contributed by atoms with Gasteiger partial charge in [-0.05, 0) is 48.6 Å². The Labute approximate surface area is 201 Å². The minimum Gasteiger partial charge on any atom is -0.282 e. The van der Waals surface area contributed by atoms with Gasteiger partial charge in [0.05, 0.1) is 11.8 Å². The fraction of sp³-hybridized carbons (Fsp3) is 0.200. The van der Waals surface area contributed by atoms with Gasteiger partial charge in [0, 0.05) is 17.5 Å². The molecule has 6 nitrogen and oxygen atoms in total. The van der Waals surface area contributed by atoms with Crippen molar-refractivity contribution in [3.8, 4) is 11.1 Å². The van der Waals surface area contributed by atoms with Gasteiger partial charge in [0.25, 0.3) is 10.1 Å². The predicted octanol–water partition coefficient (Wildman–Crippen LogP) is 5.48. The zero-order chi connectivity index (χ0) is 25.5. The van der Waals surface area contributed by atoms with Crippen molar-refractivity contribution in [1.82, 2.24) is 5.43 Å². The van der Waals surface area contributed by atoms with Crippen LogP contribution in [0, 0.1) is 0 Å². The number of aryl methyl sites for hydroxylation is 1. The fourth-order valence-electron chi connectivity index (χ4n) is 3.49. The van der Waals surface area contributed by atoms with Gasteiger partial charge in [0.15, 0.2) is 0 Å². The maximum Gasteiger partial charge on any atom is 0.416 e. The number of benzene rings is 3. The number of halogens is 3. The molecule has 0 aliphatic rings. The number of hydrogen-bond acceptors (Lipinski definition) is 4. The molecule has 3 aromatic carbocycles. The van der Waals surface area contributed by atoms with Crippen LogP contribution in [0.3, 0.4) is 0 Å². The first-order valence-electron chi connectivity index (χ1n) is 10.7. The van der Waals surface area contributed by atoms with Crippen LogP contribution in [0.4, 0.5) is 13.2 Å². The van der Waals surface area contributed by atoms with Gasteiger partial charge < -0.3 is 0 Å². The summed E-state index contributed by atoms with van der Waals surface area (Å²) in [5, 5.41) is 3.87. The fourth-order valence-corrected chi connectivity index (χ4v) is 4.17. The Kier molecular flexibility index (Phi) is 8.42. The Morgan fingerprint density at radius 2 is 1.63 bits per heavy atom. The Bertz CT molecular complexity index is 1310. The highest BCUT2D eigenvalue weighted by atomic mass is 32.2. The molecule has 0 saturated carbocycles. The highest BCUT2D eigenvalue weighted by Crippen LogP contribution is 2.36. The normalized spacial score (nSPS) is 12.1. The third-order valence-corrected chi connectivity index (χ3v) is 6.10. The minimum atomic E-state index is -4.81. The van der Waals surface area contributed by atoms with Crippen LogP contribution in [0.25, 0.3) is 11.1 Å². The summed E-state index contributed by atoms with van der Waals surface area (Å²) in [4.78, 5) is 11.4. The van der Waals surface area contributed by atoms with Crippen molar-refractivity contribution in [2.75, 3.05) is 0 Å². The topological polar surface area (TPSA) is 95.8 Å². The second kappa shape index (κ2) is 11.3. The summed E-state index contributed by atoms with van der Waals surface area (Å²) >= 11 is 0. The van der Waals surface area contributed by atoms with Crippen molar-refractivity contribution in [2.24, 2.45) is 5.10 Å². The molecule has 3 aromatic rings. The van der Waals surface area contributed by atoms with E-state index in [0.29, 0.717) is 24.6 Å². The van der Waals surface area contributed by atoms with E-state index in [4.69, 9.17) is 0 Å². The number of rotatable bonds is 9. The van der Waals surface area contributed by atoms with Gasteiger partial charge in [-0.15, -0.1) is 0 Å². The van der Waals surface area contributed by atoms with Gasteiger partial charge in [0.2, 0.25) is 5.91 Å². The molecule has 0 saturated heterocycles. The van der Waals surface area contributed by atoms with E-state index in [9.17, 15) is 30.9 Å². The summed E-state index contributed by atoms with van der Waals surface area (Å²) in [5.74, 6) is -0.329. The lowest BCUT2D eigenvalue weighted by Crippen LogP contribution is -2.17. The van der Waals surface area contributed by atoms with E-state index >= 15 is 0 Å². The van der Waals surface area contributed by atoms with E-state index in [1.807, 2.05) is 30.3 Å². The molecule has 2 N–H and O–H groups in total. The van der Waals surface area contributed by atoms with Crippen molar-refractivity contribution in [2.45, 2.75) is 36.8 Å². The summed E-state index contributed by atoms with van der Waals surface area (Å²) in [6.07, 6.45) is -0.952. The number of amides is 1. The zero-order valence-corrected chi connectivity index (χ0v) is 19.3. The molecule has 0 aliphatic carbocycles. The molecular weight excluding hydrogens is 481 g/mol. The summed E-state index contributed by atoms with van der Waals surface area (Å²) < 4.78 is 72.9. The number of carbonyl (C=O) groups excluding carboxylic acids is 1. The van der Waals surface area contributed by atoms with Gasteiger partial charge in [-0.2, -0.15) is 26.7 Å². The standard InChI is InChI=1S/C25H23F3N2O4S/c26-25(27,28)20-14-15-23(35(32,33)34)22(16-20)21-12-6-5-11-19(21)17-29-30-24(31)13-7-4-10-18-8-2-1-3-9-18/h1-3,5-6,8-9,11-12,14-17H,4,7,10,13H2,(H,30,31)(H,32,33,34)/b29-17-. The van der Waals surface area contributed by atoms with Crippen LogP contribution >= 0.6 is 0 Å². The number of nitrogens with zero attached hydrogens (tertiary/aromatic N) is 1. The lowest BCUT2D eigenvalue weighted by molar-refractivity contribution is -0.137. The van der Waals surface area contributed by atoms with Gasteiger partial charge in [-0.1, -0.05) is 54.6 Å². The second-order valence-corrected chi connectivity index (χ2v) is 9.15. The Morgan fingerprint density at radius 1 is 0.943 bits per heavy atom. The first-order chi connectivity index (χ1) is 16.6. The first kappa shape index (κ1) is 26.1. The predicted molar refractivity (Wildman–Crippen MR) is 126 cm³/mol. The number of carbonyl (C=O) groups is 1. The zero-order valence-electron chi connectivity index (χ0n) is 18.5. The quantitative estimate of drug-likeness (QED) is 0.175. The van der Waals surface area contributed by atoms with E-state index < -0.39 is 26.8 Å². The van der Waals surface area contributed by atoms with Crippen LogP contribution in [-0.2, 0) is 27.5 Å². The largest absolute Gasteiger partial charge is 0.416 e. The number of hydrazone groups is 1. The molecule has 0 aromatic heterocycles. The van der Waals surface area contributed by atoms with Gasteiger partial charge in [-0.25, -0.2) is 5.43 Å². The summed E-state index contributed by atoms with van der Waals surface area (Å²) in [5.41, 5.74) is 2.48. The third-order valence-electron chi connectivity index (χ3n) is 5.19. The molecule has 0 fully saturated rings. The monoisotopic (exact) mass is 504 g/mol. The Morgan fingerprint density at radius 3 is 2.31 bits per heavy atom. The van der Waals surface area contributed by atoms with Crippen molar-refractivity contribution in [3.05, 3.63) is 89.5 Å². The summed E-state index contributed by atoms with van der Waals surface area (Å²) in [7, 11) is -4.81. The van der Waals surface area contributed by atoms with Crippen molar-refractivity contribution < 1.29 is 30.9 Å². The molecule has 0 radical (unpaired) electrons. The lowest BCUT2D eigenvalue weighted by atomic mass is 9.98. The van der Waals surface area contributed by atoms with E-state index in [-0.39, 0.29) is 29.0 Å². The molecule has 0 atom stereocenters. The smallest absolute Gasteiger partial charge is 0.282 e. The number of alkyl halides is 3. The van der Waals surface area contributed by atoms with Crippen LogP contribution in [0.1, 0.15) is 36.0 Å². The van der Waals surface area contributed by atoms with Crippen molar-refractivity contribution in [1.29, 1.82) is 0 Å². The molecule has 0 bridgehead atoms. The van der Waals surface area contributed by atoms with Crippen molar-refractivity contribution in [3.63, 3.8) is 0 Å². The molecule has 184 valence electrons. The van der Waals surface area contributed by atoms with E-state index in [1.165, 1.54) is 30.0 Å². The molecular formula is C25H23F3N2O4S. The SMILES string of the molecule is O=C(CCCCc1ccccc1)N/N=C\c1ccccc1-c1cc(C(F)(F)F)ccc1S(=O)(=O)O. The highest BCUT2D eigenvalue weighted by molar-refractivity contribution is 7.86. The van der Waals surface area contributed by atoms with E-state index in [1.54, 1.807) is 6.07 Å². The van der Waals surface area contributed by atoms with Crippen molar-refractivity contribution >= 4 is 22.2 Å². The lowest BCUT2D eigenvalue weighted by Gasteiger charge is -2.14. The van der Waals surface area contributed by atoms with Gasteiger partial charge in [-0.3, -0.25) is 9.35 Å². The van der Waals surface area contributed by atoms with E-state index in [0.717, 1.165) is 12.8 Å². The van der Waals surface area contributed by atoms with Crippen LogP contribution < -0.4 is 5.43 Å². The summed E-state index contributed by atoms with van der Waals surface area (Å²) in [6, 6.07) is 17.8. The molecule has 0 aliphatic heterocycles. The average molecular weight is 505 g/mol. The number of nitrogens with one attached hydrogen (secondary N) is 1. The first-order valence-corrected chi connectivity index (χ1v) is 12.1. The van der Waals surface area contributed by atoms with Crippen LogP contribution in [0.2, 0.25) is 0 Å². The molecule has 10 heteroatoms. The maximum atomic E-state index is 13.2. The molecule has 0 spiro atoms. The van der Waals surface area contributed by atoms with E-state index in [2.05, 4.69) is 10.5 Å². The Balaban J connectivity index is 1.73. The molecule has 0 unspecified atom stereocenters. The maximum absolute atomic E-state index is 13.2.